The molecule has 1 saturated heterocycles. The Balaban J connectivity index is 2.19. The van der Waals surface area contributed by atoms with E-state index in [0.717, 1.165) is 6.54 Å². The second kappa shape index (κ2) is 6.59. The normalized spacial score (nSPS) is 21.6. The molecule has 0 bridgehead atoms. The Morgan fingerprint density at radius 1 is 1.35 bits per heavy atom. The van der Waals surface area contributed by atoms with Crippen molar-refractivity contribution in [3.8, 4) is 0 Å². The van der Waals surface area contributed by atoms with Crippen molar-refractivity contribution in [2.75, 3.05) is 19.6 Å². The van der Waals surface area contributed by atoms with E-state index in [-0.39, 0.29) is 0 Å². The molecular weight excluding hydrogens is 264 g/mol. The van der Waals surface area contributed by atoms with Crippen molar-refractivity contribution in [3.05, 3.63) is 21.4 Å². The van der Waals surface area contributed by atoms with E-state index in [9.17, 15) is 0 Å². The first-order chi connectivity index (χ1) is 9.51. The van der Waals surface area contributed by atoms with Crippen LogP contribution in [0.25, 0.3) is 0 Å². The molecule has 3 heteroatoms. The molecular formula is C17H30N2S. The van der Waals surface area contributed by atoms with Crippen LogP contribution in [0.15, 0.2) is 6.07 Å². The van der Waals surface area contributed by atoms with Crippen molar-refractivity contribution < 1.29 is 0 Å². The van der Waals surface area contributed by atoms with Crippen molar-refractivity contribution in [3.63, 3.8) is 0 Å². The Morgan fingerprint density at radius 3 is 2.60 bits per heavy atom. The summed E-state index contributed by atoms with van der Waals surface area (Å²) in [6, 6.07) is 2.93. The summed E-state index contributed by atoms with van der Waals surface area (Å²) in [5.41, 5.74) is 1.85. The van der Waals surface area contributed by atoms with Crippen molar-refractivity contribution in [1.29, 1.82) is 0 Å². The Bertz CT molecular complexity index is 434. The lowest BCUT2D eigenvalue weighted by atomic mass is 9.91. The van der Waals surface area contributed by atoms with Gasteiger partial charge in [0.25, 0.3) is 0 Å². The maximum atomic E-state index is 3.81. The van der Waals surface area contributed by atoms with E-state index in [1.165, 1.54) is 47.7 Å². The van der Waals surface area contributed by atoms with Crippen LogP contribution in [0.4, 0.5) is 0 Å². The molecule has 1 aliphatic rings. The third-order valence-electron chi connectivity index (χ3n) is 5.06. The van der Waals surface area contributed by atoms with E-state index < -0.39 is 0 Å². The van der Waals surface area contributed by atoms with E-state index >= 15 is 0 Å². The number of hydrogen-bond donors (Lipinski definition) is 1. The summed E-state index contributed by atoms with van der Waals surface area (Å²) >= 11 is 1.94. The van der Waals surface area contributed by atoms with Crippen molar-refractivity contribution in [2.24, 2.45) is 0 Å². The fourth-order valence-electron chi connectivity index (χ4n) is 3.48. The van der Waals surface area contributed by atoms with Crippen LogP contribution < -0.4 is 5.32 Å². The Kier molecular flexibility index (Phi) is 5.27. The van der Waals surface area contributed by atoms with Gasteiger partial charge in [0.1, 0.15) is 0 Å². The highest BCUT2D eigenvalue weighted by molar-refractivity contribution is 7.12. The zero-order valence-electron chi connectivity index (χ0n) is 13.8. The number of nitrogens with zero attached hydrogens (tertiary/aromatic N) is 1. The van der Waals surface area contributed by atoms with Gasteiger partial charge in [0.05, 0.1) is 0 Å². The van der Waals surface area contributed by atoms with Crippen LogP contribution in [0, 0.1) is 13.8 Å². The summed E-state index contributed by atoms with van der Waals surface area (Å²) in [5.74, 6) is 0. The molecule has 20 heavy (non-hydrogen) atoms. The second-order valence-corrected chi connectivity index (χ2v) is 7.74. The van der Waals surface area contributed by atoms with Gasteiger partial charge in [-0.05, 0) is 58.2 Å². The van der Waals surface area contributed by atoms with Gasteiger partial charge in [-0.25, -0.2) is 0 Å². The quantitative estimate of drug-likeness (QED) is 0.891. The molecule has 1 aliphatic heterocycles. The van der Waals surface area contributed by atoms with Gasteiger partial charge in [-0.15, -0.1) is 11.3 Å². The number of nitrogens with one attached hydrogen (secondary N) is 1. The lowest BCUT2D eigenvalue weighted by Crippen LogP contribution is -2.51. The number of rotatable bonds is 4. The molecule has 2 nitrogen and oxygen atoms in total. The zero-order valence-corrected chi connectivity index (χ0v) is 14.6. The van der Waals surface area contributed by atoms with Gasteiger partial charge < -0.3 is 5.32 Å². The average molecular weight is 295 g/mol. The zero-order chi connectivity index (χ0) is 14.8. The largest absolute Gasteiger partial charge is 0.310 e. The number of aryl methyl sites for hydroxylation is 2. The van der Waals surface area contributed by atoms with E-state index in [4.69, 9.17) is 0 Å². The van der Waals surface area contributed by atoms with Gasteiger partial charge in [0.2, 0.25) is 0 Å². The molecule has 0 saturated carbocycles. The Morgan fingerprint density at radius 2 is 2.05 bits per heavy atom. The molecule has 1 aromatic rings. The summed E-state index contributed by atoms with van der Waals surface area (Å²) in [5, 5.41) is 3.81. The van der Waals surface area contributed by atoms with Crippen LogP contribution in [0.2, 0.25) is 0 Å². The van der Waals surface area contributed by atoms with E-state index in [0.29, 0.717) is 11.6 Å². The van der Waals surface area contributed by atoms with Gasteiger partial charge in [-0.3, -0.25) is 4.90 Å². The van der Waals surface area contributed by atoms with E-state index in [1.807, 2.05) is 11.3 Å². The minimum atomic E-state index is 0.309. The number of thiophene rings is 1. The fraction of sp³-hybridized carbons (Fsp3) is 0.765. The summed E-state index contributed by atoms with van der Waals surface area (Å²) in [6.07, 6.45) is 3.69. The molecule has 2 heterocycles. The van der Waals surface area contributed by atoms with Gasteiger partial charge in [-0.1, -0.05) is 13.8 Å². The highest BCUT2D eigenvalue weighted by atomic mass is 32.1. The smallest absolute Gasteiger partial charge is 0.0331 e. The topological polar surface area (TPSA) is 15.3 Å². The highest BCUT2D eigenvalue weighted by Crippen LogP contribution is 2.32. The van der Waals surface area contributed by atoms with Crippen molar-refractivity contribution in [2.45, 2.75) is 65.5 Å². The van der Waals surface area contributed by atoms with Crippen LogP contribution in [-0.4, -0.2) is 30.1 Å². The van der Waals surface area contributed by atoms with Crippen molar-refractivity contribution >= 4 is 11.3 Å². The summed E-state index contributed by atoms with van der Waals surface area (Å²) in [6.45, 7) is 15.1. The van der Waals surface area contributed by atoms with E-state index in [1.54, 1.807) is 0 Å². The van der Waals surface area contributed by atoms with E-state index in [2.05, 4.69) is 50.9 Å². The molecule has 0 aliphatic carbocycles. The first-order valence-electron chi connectivity index (χ1n) is 8.07. The maximum absolute atomic E-state index is 3.81. The van der Waals surface area contributed by atoms with Crippen LogP contribution in [0.3, 0.4) is 0 Å². The predicted molar refractivity (Wildman–Crippen MR) is 89.7 cm³/mol. The molecule has 1 N–H and O–H groups in total. The van der Waals surface area contributed by atoms with Crippen LogP contribution in [0.5, 0.6) is 0 Å². The second-order valence-electron chi connectivity index (χ2n) is 6.28. The van der Waals surface area contributed by atoms with Gasteiger partial charge in [0.15, 0.2) is 0 Å². The summed E-state index contributed by atoms with van der Waals surface area (Å²) in [7, 11) is 0. The number of hydrogen-bond acceptors (Lipinski definition) is 3. The molecule has 1 atom stereocenters. The third-order valence-corrected chi connectivity index (χ3v) is 6.04. The van der Waals surface area contributed by atoms with Crippen LogP contribution in [-0.2, 0) is 0 Å². The SMILES string of the molecule is CCC1(CC)CN(C(C)c2cc(C)sc2C)CCCN1. The molecule has 0 spiro atoms. The monoisotopic (exact) mass is 294 g/mol. The highest BCUT2D eigenvalue weighted by Gasteiger charge is 2.32. The maximum Gasteiger partial charge on any atom is 0.0331 e. The molecule has 0 radical (unpaired) electrons. The predicted octanol–water partition coefficient (Wildman–Crippen LogP) is 4.28. The molecule has 0 amide bonds. The van der Waals surface area contributed by atoms with Gasteiger partial charge in [0, 0.05) is 34.4 Å². The average Bonchev–Trinajstić information content (AvgIpc) is 2.67. The van der Waals surface area contributed by atoms with Crippen molar-refractivity contribution in [1.82, 2.24) is 10.2 Å². The molecule has 1 aromatic heterocycles. The summed E-state index contributed by atoms with van der Waals surface area (Å²) in [4.78, 5) is 5.63. The first kappa shape index (κ1) is 16.0. The Hall–Kier alpha value is -0.380. The lowest BCUT2D eigenvalue weighted by molar-refractivity contribution is 0.157. The summed E-state index contributed by atoms with van der Waals surface area (Å²) < 4.78 is 0. The Labute approximate surface area is 128 Å². The minimum Gasteiger partial charge on any atom is -0.310 e. The van der Waals surface area contributed by atoms with Crippen LogP contribution >= 0.6 is 11.3 Å². The first-order valence-corrected chi connectivity index (χ1v) is 8.89. The van der Waals surface area contributed by atoms with Gasteiger partial charge in [-0.2, -0.15) is 0 Å². The van der Waals surface area contributed by atoms with Crippen LogP contribution in [0.1, 0.15) is 61.4 Å². The molecule has 1 unspecified atom stereocenters. The standard InChI is InChI=1S/C17H30N2S/c1-6-17(7-2)12-19(10-8-9-18-17)14(4)16-11-13(3)20-15(16)5/h11,14,18H,6-10,12H2,1-5H3. The molecule has 2 rings (SSSR count). The van der Waals surface area contributed by atoms with Gasteiger partial charge >= 0.3 is 0 Å². The molecule has 1 fully saturated rings. The lowest BCUT2D eigenvalue weighted by Gasteiger charge is -2.38. The molecule has 0 aromatic carbocycles. The molecule has 114 valence electrons. The fourth-order valence-corrected chi connectivity index (χ4v) is 4.49. The third kappa shape index (κ3) is 3.26. The minimum absolute atomic E-state index is 0.309.